The van der Waals surface area contributed by atoms with Gasteiger partial charge < -0.3 is 14.8 Å². The van der Waals surface area contributed by atoms with E-state index in [1.165, 1.54) is 0 Å². The van der Waals surface area contributed by atoms with Crippen LogP contribution in [-0.2, 0) is 15.9 Å². The molecule has 1 unspecified atom stereocenters. The molecule has 0 aliphatic rings. The second kappa shape index (κ2) is 9.03. The largest absolute Gasteiger partial charge is 0.382 e. The predicted octanol–water partition coefficient (Wildman–Crippen LogP) is 1.65. The van der Waals surface area contributed by atoms with Gasteiger partial charge in [0.1, 0.15) is 0 Å². The molecule has 4 nitrogen and oxygen atoms in total. The molecule has 0 saturated heterocycles. The van der Waals surface area contributed by atoms with Crippen molar-refractivity contribution in [3.63, 3.8) is 0 Å². The smallest absolute Gasteiger partial charge is 0.0932 e. The Morgan fingerprint density at radius 3 is 2.78 bits per heavy atom. The Kier molecular flexibility index (Phi) is 7.57. The van der Waals surface area contributed by atoms with Gasteiger partial charge in [0.2, 0.25) is 0 Å². The van der Waals surface area contributed by atoms with E-state index in [1.807, 2.05) is 24.4 Å². The fourth-order valence-corrected chi connectivity index (χ4v) is 1.60. The van der Waals surface area contributed by atoms with Crippen molar-refractivity contribution < 1.29 is 9.47 Å². The van der Waals surface area contributed by atoms with Crippen molar-refractivity contribution in [1.82, 2.24) is 10.3 Å². The molecule has 0 aliphatic carbocycles. The summed E-state index contributed by atoms with van der Waals surface area (Å²) in [6.45, 7) is 6.34. The highest BCUT2D eigenvalue weighted by molar-refractivity contribution is 5.03. The van der Waals surface area contributed by atoms with E-state index in [4.69, 9.17) is 9.47 Å². The minimum atomic E-state index is 0.0983. The topological polar surface area (TPSA) is 43.4 Å². The molecule has 0 aromatic carbocycles. The van der Waals surface area contributed by atoms with Crippen LogP contribution in [0, 0.1) is 0 Å². The van der Waals surface area contributed by atoms with Crippen molar-refractivity contribution in [3.8, 4) is 0 Å². The fraction of sp³-hybridized carbons (Fsp3) is 0.643. The average molecular weight is 252 g/mol. The van der Waals surface area contributed by atoms with Crippen LogP contribution in [0.1, 0.15) is 19.5 Å². The summed E-state index contributed by atoms with van der Waals surface area (Å²) in [6, 6.07) is 6.39. The molecule has 0 amide bonds. The van der Waals surface area contributed by atoms with Crippen LogP contribution < -0.4 is 5.32 Å². The molecule has 4 heteroatoms. The molecule has 0 fully saturated rings. The monoisotopic (exact) mass is 252 g/mol. The van der Waals surface area contributed by atoms with Crippen molar-refractivity contribution in [2.75, 3.05) is 26.9 Å². The third kappa shape index (κ3) is 6.69. The van der Waals surface area contributed by atoms with E-state index in [0.717, 1.165) is 18.7 Å². The van der Waals surface area contributed by atoms with Crippen LogP contribution in [0.2, 0.25) is 0 Å². The Morgan fingerprint density at radius 1 is 1.33 bits per heavy atom. The van der Waals surface area contributed by atoms with Gasteiger partial charge in [-0.25, -0.2) is 0 Å². The summed E-state index contributed by atoms with van der Waals surface area (Å²) in [5.74, 6) is 0. The molecular formula is C14H24N2O2. The molecule has 0 spiro atoms. The fourth-order valence-electron chi connectivity index (χ4n) is 1.60. The Hall–Kier alpha value is -0.970. The minimum Gasteiger partial charge on any atom is -0.382 e. The summed E-state index contributed by atoms with van der Waals surface area (Å²) >= 11 is 0. The van der Waals surface area contributed by atoms with E-state index in [0.29, 0.717) is 19.3 Å². The molecule has 1 atom stereocenters. The van der Waals surface area contributed by atoms with Gasteiger partial charge in [-0.15, -0.1) is 0 Å². The molecule has 18 heavy (non-hydrogen) atoms. The van der Waals surface area contributed by atoms with E-state index < -0.39 is 0 Å². The van der Waals surface area contributed by atoms with E-state index >= 15 is 0 Å². The normalized spacial score (nSPS) is 12.9. The zero-order valence-electron chi connectivity index (χ0n) is 11.6. The number of nitrogens with one attached hydrogen (secondary N) is 1. The maximum atomic E-state index is 5.81. The second-order valence-electron chi connectivity index (χ2n) is 4.58. The average Bonchev–Trinajstić information content (AvgIpc) is 2.37. The highest BCUT2D eigenvalue weighted by Gasteiger charge is 2.09. The van der Waals surface area contributed by atoms with Gasteiger partial charge in [0, 0.05) is 38.0 Å². The number of methoxy groups -OCH3 is 1. The Labute approximate surface area is 110 Å². The van der Waals surface area contributed by atoms with Crippen LogP contribution in [0.5, 0.6) is 0 Å². The van der Waals surface area contributed by atoms with Crippen LogP contribution in [-0.4, -0.2) is 44.0 Å². The first-order valence-corrected chi connectivity index (χ1v) is 6.46. The number of nitrogens with zero attached hydrogens (tertiary/aromatic N) is 1. The Balaban J connectivity index is 2.24. The highest BCUT2D eigenvalue weighted by Crippen LogP contribution is 1.98. The lowest BCUT2D eigenvalue weighted by Gasteiger charge is -2.19. The summed E-state index contributed by atoms with van der Waals surface area (Å²) < 4.78 is 11.0. The molecule has 1 aromatic heterocycles. The molecule has 0 radical (unpaired) electrons. The van der Waals surface area contributed by atoms with Crippen LogP contribution in [0.25, 0.3) is 0 Å². The maximum absolute atomic E-state index is 5.81. The van der Waals surface area contributed by atoms with Crippen molar-refractivity contribution in [2.24, 2.45) is 0 Å². The van der Waals surface area contributed by atoms with Crippen LogP contribution >= 0.6 is 0 Å². The zero-order chi connectivity index (χ0) is 13.2. The van der Waals surface area contributed by atoms with Crippen LogP contribution in [0.15, 0.2) is 24.4 Å². The Morgan fingerprint density at radius 2 is 2.17 bits per heavy atom. The van der Waals surface area contributed by atoms with E-state index in [-0.39, 0.29) is 6.10 Å². The van der Waals surface area contributed by atoms with Crippen molar-refractivity contribution in [3.05, 3.63) is 30.1 Å². The number of ether oxygens (including phenoxy) is 2. The van der Waals surface area contributed by atoms with E-state index in [9.17, 15) is 0 Å². The third-order valence-corrected chi connectivity index (χ3v) is 2.54. The zero-order valence-corrected chi connectivity index (χ0v) is 11.6. The summed E-state index contributed by atoms with van der Waals surface area (Å²) in [7, 11) is 1.70. The van der Waals surface area contributed by atoms with Crippen LogP contribution in [0.4, 0.5) is 0 Å². The lowest BCUT2D eigenvalue weighted by molar-refractivity contribution is -0.000697. The lowest BCUT2D eigenvalue weighted by atomic mass is 10.3. The SMILES string of the molecule is COCC(CNC(C)C)OCCc1ccccn1. The van der Waals surface area contributed by atoms with E-state index in [1.54, 1.807) is 7.11 Å². The number of hydrogen-bond acceptors (Lipinski definition) is 4. The van der Waals surface area contributed by atoms with Gasteiger partial charge in [0.05, 0.1) is 19.3 Å². The molecule has 1 aromatic rings. The lowest BCUT2D eigenvalue weighted by Crippen LogP contribution is -2.36. The summed E-state index contributed by atoms with van der Waals surface area (Å²) in [5, 5.41) is 3.36. The summed E-state index contributed by atoms with van der Waals surface area (Å²) in [5.41, 5.74) is 1.06. The molecule has 0 saturated carbocycles. The molecule has 1 rings (SSSR count). The van der Waals surface area contributed by atoms with Gasteiger partial charge in [-0.3, -0.25) is 4.98 Å². The van der Waals surface area contributed by atoms with Gasteiger partial charge >= 0.3 is 0 Å². The van der Waals surface area contributed by atoms with Crippen molar-refractivity contribution in [1.29, 1.82) is 0 Å². The Bertz CT molecular complexity index is 304. The number of aromatic nitrogens is 1. The molecule has 0 bridgehead atoms. The van der Waals surface area contributed by atoms with Crippen LogP contribution in [0.3, 0.4) is 0 Å². The number of hydrogen-bond donors (Lipinski definition) is 1. The predicted molar refractivity (Wildman–Crippen MR) is 72.7 cm³/mol. The summed E-state index contributed by atoms with van der Waals surface area (Å²) in [6.07, 6.45) is 2.74. The summed E-state index contributed by atoms with van der Waals surface area (Å²) in [4.78, 5) is 4.27. The van der Waals surface area contributed by atoms with Crippen molar-refractivity contribution >= 4 is 0 Å². The number of pyridine rings is 1. The maximum Gasteiger partial charge on any atom is 0.0932 e. The quantitative estimate of drug-likeness (QED) is 0.726. The molecule has 102 valence electrons. The van der Waals surface area contributed by atoms with Gasteiger partial charge in [0.25, 0.3) is 0 Å². The van der Waals surface area contributed by atoms with Gasteiger partial charge in [-0.2, -0.15) is 0 Å². The highest BCUT2D eigenvalue weighted by atomic mass is 16.5. The van der Waals surface area contributed by atoms with Gasteiger partial charge in [-0.1, -0.05) is 19.9 Å². The van der Waals surface area contributed by atoms with E-state index in [2.05, 4.69) is 24.1 Å². The van der Waals surface area contributed by atoms with Gasteiger partial charge in [-0.05, 0) is 12.1 Å². The number of rotatable bonds is 9. The first-order valence-electron chi connectivity index (χ1n) is 6.46. The molecule has 1 heterocycles. The first-order chi connectivity index (χ1) is 8.72. The minimum absolute atomic E-state index is 0.0983. The third-order valence-electron chi connectivity index (χ3n) is 2.54. The molecular weight excluding hydrogens is 228 g/mol. The molecule has 1 N–H and O–H groups in total. The molecule has 0 aliphatic heterocycles. The first kappa shape index (κ1) is 15.1. The van der Waals surface area contributed by atoms with Gasteiger partial charge in [0.15, 0.2) is 0 Å². The standard InChI is InChI=1S/C14H24N2O2/c1-12(2)16-10-14(11-17-3)18-9-7-13-6-4-5-8-15-13/h4-6,8,12,14,16H,7,9-11H2,1-3H3. The van der Waals surface area contributed by atoms with Crippen molar-refractivity contribution in [2.45, 2.75) is 32.4 Å². The second-order valence-corrected chi connectivity index (χ2v) is 4.58.